The van der Waals surface area contributed by atoms with E-state index in [2.05, 4.69) is 0 Å². The number of hydrogen-bond acceptors (Lipinski definition) is 4. The Morgan fingerprint density at radius 3 is 2.50 bits per heavy atom. The van der Waals surface area contributed by atoms with Crippen molar-refractivity contribution in [2.45, 2.75) is 6.92 Å². The van der Waals surface area contributed by atoms with E-state index in [1.165, 1.54) is 19.1 Å². The molecule has 0 atom stereocenters. The number of carbonyl (C=O) groups excluding carboxylic acids is 1. The third-order valence-corrected chi connectivity index (χ3v) is 3.34. The van der Waals surface area contributed by atoms with Crippen LogP contribution in [0.2, 0.25) is 5.02 Å². The first-order valence-electron chi connectivity index (χ1n) is 6.55. The van der Waals surface area contributed by atoms with Crippen molar-refractivity contribution in [2.75, 3.05) is 0 Å². The van der Waals surface area contributed by atoms with Crippen LogP contribution in [0, 0.1) is 0 Å². The highest BCUT2D eigenvalue weighted by Gasteiger charge is 2.09. The smallest absolute Gasteiger partial charge is 0.308 e. The van der Waals surface area contributed by atoms with Crippen LogP contribution in [0.1, 0.15) is 6.92 Å². The molecule has 4 nitrogen and oxygen atoms in total. The number of benzene rings is 2. The van der Waals surface area contributed by atoms with Crippen LogP contribution in [0.15, 0.2) is 57.7 Å². The summed E-state index contributed by atoms with van der Waals surface area (Å²) in [5.41, 5.74) is 0.973. The second kappa shape index (κ2) is 5.66. The quantitative estimate of drug-likeness (QED) is 0.529. The third-order valence-electron chi connectivity index (χ3n) is 3.09. The Kier molecular flexibility index (Phi) is 3.69. The van der Waals surface area contributed by atoms with Gasteiger partial charge in [0.05, 0.1) is 5.39 Å². The fourth-order valence-corrected chi connectivity index (χ4v) is 2.25. The minimum atomic E-state index is -0.443. The average molecular weight is 315 g/mol. The van der Waals surface area contributed by atoms with Crippen molar-refractivity contribution in [3.05, 3.63) is 63.8 Å². The van der Waals surface area contributed by atoms with E-state index < -0.39 is 5.97 Å². The van der Waals surface area contributed by atoms with Crippen molar-refractivity contribution in [1.82, 2.24) is 0 Å². The van der Waals surface area contributed by atoms with Gasteiger partial charge < -0.3 is 9.15 Å². The molecule has 0 saturated heterocycles. The summed E-state index contributed by atoms with van der Waals surface area (Å²) in [5.74, 6) is 0.322. The van der Waals surface area contributed by atoms with Crippen molar-refractivity contribution < 1.29 is 13.9 Å². The van der Waals surface area contributed by atoms with Crippen molar-refractivity contribution >= 4 is 28.5 Å². The van der Waals surface area contributed by atoms with Crippen LogP contribution in [-0.4, -0.2) is 5.97 Å². The van der Waals surface area contributed by atoms with Crippen LogP contribution in [0.5, 0.6) is 5.75 Å². The van der Waals surface area contributed by atoms with Gasteiger partial charge in [-0.15, -0.1) is 0 Å². The number of carbonyl (C=O) groups is 1. The van der Waals surface area contributed by atoms with Gasteiger partial charge in [0.25, 0.3) is 0 Å². The molecular formula is C17H11ClO4. The van der Waals surface area contributed by atoms with Gasteiger partial charge in [-0.25, -0.2) is 0 Å². The Morgan fingerprint density at radius 2 is 1.82 bits per heavy atom. The van der Waals surface area contributed by atoms with Crippen molar-refractivity contribution in [3.8, 4) is 17.1 Å². The predicted octanol–water partition coefficient (Wildman–Crippen LogP) is 4.04. The molecule has 0 fully saturated rings. The van der Waals surface area contributed by atoms with Gasteiger partial charge >= 0.3 is 5.97 Å². The zero-order valence-corrected chi connectivity index (χ0v) is 12.4. The van der Waals surface area contributed by atoms with Gasteiger partial charge in [0, 0.05) is 23.6 Å². The van der Waals surface area contributed by atoms with Gasteiger partial charge in [0.1, 0.15) is 17.1 Å². The lowest BCUT2D eigenvalue weighted by Gasteiger charge is -2.05. The number of hydrogen-bond donors (Lipinski definition) is 0. The minimum Gasteiger partial charge on any atom is -0.456 e. The predicted molar refractivity (Wildman–Crippen MR) is 84.2 cm³/mol. The molecule has 0 aliphatic carbocycles. The molecule has 22 heavy (non-hydrogen) atoms. The fourth-order valence-electron chi connectivity index (χ4n) is 2.12. The highest BCUT2D eigenvalue weighted by Crippen LogP contribution is 2.25. The fraction of sp³-hybridized carbons (Fsp3) is 0.0588. The number of ether oxygens (including phenoxy) is 1. The molecule has 110 valence electrons. The number of esters is 1. The highest BCUT2D eigenvalue weighted by molar-refractivity contribution is 6.30. The van der Waals surface area contributed by atoms with E-state index in [1.807, 2.05) is 0 Å². The van der Waals surface area contributed by atoms with Gasteiger partial charge in [0.15, 0.2) is 5.43 Å². The summed E-state index contributed by atoms with van der Waals surface area (Å²) < 4.78 is 10.7. The zero-order valence-electron chi connectivity index (χ0n) is 11.6. The molecule has 2 aromatic carbocycles. The molecule has 0 aliphatic heterocycles. The van der Waals surface area contributed by atoms with Crippen LogP contribution in [0.3, 0.4) is 0 Å². The molecule has 0 saturated carbocycles. The van der Waals surface area contributed by atoms with Gasteiger partial charge in [0.2, 0.25) is 0 Å². The van der Waals surface area contributed by atoms with Crippen molar-refractivity contribution in [1.29, 1.82) is 0 Å². The summed E-state index contributed by atoms with van der Waals surface area (Å²) in [4.78, 5) is 23.2. The molecule has 5 heteroatoms. The van der Waals surface area contributed by atoms with Crippen LogP contribution in [0.4, 0.5) is 0 Å². The average Bonchev–Trinajstić information content (AvgIpc) is 2.48. The highest BCUT2D eigenvalue weighted by atomic mass is 35.5. The number of fused-ring (bicyclic) bond motifs is 1. The molecule has 0 N–H and O–H groups in total. The molecule has 0 spiro atoms. The number of halogens is 1. The summed E-state index contributed by atoms with van der Waals surface area (Å²) in [6, 6.07) is 13.1. The molecule has 0 unspecified atom stereocenters. The lowest BCUT2D eigenvalue weighted by Crippen LogP contribution is -2.04. The third kappa shape index (κ3) is 2.87. The summed E-state index contributed by atoms with van der Waals surface area (Å²) in [7, 11) is 0. The lowest BCUT2D eigenvalue weighted by atomic mass is 10.1. The Morgan fingerprint density at radius 1 is 1.09 bits per heavy atom. The summed E-state index contributed by atoms with van der Waals surface area (Å²) in [6.07, 6.45) is 0. The maximum atomic E-state index is 12.3. The summed E-state index contributed by atoms with van der Waals surface area (Å²) in [5, 5.41) is 0.967. The molecular weight excluding hydrogens is 304 g/mol. The monoisotopic (exact) mass is 314 g/mol. The van der Waals surface area contributed by atoms with Crippen LogP contribution < -0.4 is 10.2 Å². The van der Waals surface area contributed by atoms with E-state index in [0.29, 0.717) is 27.5 Å². The first-order chi connectivity index (χ1) is 10.5. The van der Waals surface area contributed by atoms with Crippen LogP contribution >= 0.6 is 11.6 Å². The second-order valence-corrected chi connectivity index (χ2v) is 5.17. The molecule has 3 aromatic rings. The normalized spacial score (nSPS) is 10.6. The van der Waals surface area contributed by atoms with Gasteiger partial charge in [-0.2, -0.15) is 0 Å². The first kappa shape index (κ1) is 14.4. The molecule has 0 amide bonds. The van der Waals surface area contributed by atoms with E-state index in [-0.39, 0.29) is 5.43 Å². The van der Waals surface area contributed by atoms with Crippen LogP contribution in [-0.2, 0) is 4.79 Å². The Balaban J connectivity index is 2.11. The molecule has 1 aromatic heterocycles. The van der Waals surface area contributed by atoms with E-state index in [9.17, 15) is 9.59 Å². The molecule has 0 bridgehead atoms. The molecule has 0 aliphatic rings. The van der Waals surface area contributed by atoms with E-state index in [0.717, 1.165) is 5.56 Å². The largest absolute Gasteiger partial charge is 0.456 e. The first-order valence-corrected chi connectivity index (χ1v) is 6.93. The minimum absolute atomic E-state index is 0.208. The van der Waals surface area contributed by atoms with Gasteiger partial charge in [-0.1, -0.05) is 11.6 Å². The maximum absolute atomic E-state index is 12.3. The zero-order chi connectivity index (χ0) is 15.7. The summed E-state index contributed by atoms with van der Waals surface area (Å²) in [6.45, 7) is 1.30. The lowest BCUT2D eigenvalue weighted by molar-refractivity contribution is -0.131. The van der Waals surface area contributed by atoms with Crippen molar-refractivity contribution in [3.63, 3.8) is 0 Å². The van der Waals surface area contributed by atoms with Gasteiger partial charge in [-0.05, 0) is 42.5 Å². The summed E-state index contributed by atoms with van der Waals surface area (Å²) >= 11 is 5.85. The molecule has 3 rings (SSSR count). The number of rotatable bonds is 2. The Hall–Kier alpha value is -2.59. The van der Waals surface area contributed by atoms with E-state index in [1.54, 1.807) is 36.4 Å². The standard InChI is InChI=1S/C17H11ClO4/c1-10(19)21-13-6-7-16-14(8-13)15(20)9-17(22-16)11-2-4-12(18)5-3-11/h2-9H,1H3. The van der Waals surface area contributed by atoms with Crippen molar-refractivity contribution in [2.24, 2.45) is 0 Å². The van der Waals surface area contributed by atoms with Gasteiger partial charge in [-0.3, -0.25) is 9.59 Å². The van der Waals surface area contributed by atoms with E-state index >= 15 is 0 Å². The molecule has 0 radical (unpaired) electrons. The Bertz CT molecular complexity index is 910. The van der Waals surface area contributed by atoms with E-state index in [4.69, 9.17) is 20.8 Å². The second-order valence-electron chi connectivity index (χ2n) is 4.73. The molecule has 1 heterocycles. The maximum Gasteiger partial charge on any atom is 0.308 e. The Labute approximate surface area is 130 Å². The topological polar surface area (TPSA) is 56.5 Å². The SMILES string of the molecule is CC(=O)Oc1ccc2oc(-c3ccc(Cl)cc3)cc(=O)c2c1. The van der Waals surface area contributed by atoms with Crippen LogP contribution in [0.25, 0.3) is 22.3 Å².